The first kappa shape index (κ1) is 13.6. The summed E-state index contributed by atoms with van der Waals surface area (Å²) < 4.78 is 4.99. The molecule has 0 saturated heterocycles. The summed E-state index contributed by atoms with van der Waals surface area (Å²) in [7, 11) is 0. The third-order valence-corrected chi connectivity index (χ3v) is 3.41. The number of esters is 1. The maximum atomic E-state index is 12.1. The van der Waals surface area contributed by atoms with Gasteiger partial charge in [-0.2, -0.15) is 0 Å². The molecule has 19 heavy (non-hydrogen) atoms. The molecule has 1 aromatic carbocycles. The zero-order valence-corrected chi connectivity index (χ0v) is 11.1. The lowest BCUT2D eigenvalue weighted by atomic mass is 10.1. The van der Waals surface area contributed by atoms with Gasteiger partial charge in [0.1, 0.15) is 0 Å². The maximum Gasteiger partial charge on any atom is 0.340 e. The zero-order chi connectivity index (χ0) is 13.7. The Morgan fingerprint density at radius 2 is 1.95 bits per heavy atom. The third-order valence-electron chi connectivity index (χ3n) is 3.41. The van der Waals surface area contributed by atoms with Crippen molar-refractivity contribution in [3.8, 4) is 0 Å². The topological polar surface area (TPSA) is 55.4 Å². The summed E-state index contributed by atoms with van der Waals surface area (Å²) >= 11 is 0. The highest BCUT2D eigenvalue weighted by molar-refractivity contribution is 6.01. The van der Waals surface area contributed by atoms with Gasteiger partial charge in [-0.3, -0.25) is 4.79 Å². The molecule has 1 aromatic rings. The van der Waals surface area contributed by atoms with E-state index in [1.807, 2.05) is 0 Å². The number of carbonyl (C=O) groups is 2. The molecule has 0 bridgehead atoms. The lowest BCUT2D eigenvalue weighted by Crippen LogP contribution is -2.22. The molecule has 0 atom stereocenters. The van der Waals surface area contributed by atoms with Gasteiger partial charge in [0.05, 0.1) is 17.9 Å². The van der Waals surface area contributed by atoms with Crippen molar-refractivity contribution in [2.45, 2.75) is 32.6 Å². The highest BCUT2D eigenvalue weighted by atomic mass is 16.5. The second kappa shape index (κ2) is 6.36. The summed E-state index contributed by atoms with van der Waals surface area (Å²) in [6, 6.07) is 6.96. The maximum absolute atomic E-state index is 12.1. The quantitative estimate of drug-likeness (QED) is 0.848. The first-order valence-electron chi connectivity index (χ1n) is 6.79. The van der Waals surface area contributed by atoms with E-state index in [0.29, 0.717) is 17.9 Å². The highest BCUT2D eigenvalue weighted by Gasteiger charge is 2.24. The minimum atomic E-state index is -0.398. The van der Waals surface area contributed by atoms with Crippen LogP contribution in [-0.2, 0) is 9.53 Å². The van der Waals surface area contributed by atoms with Gasteiger partial charge in [0.2, 0.25) is 5.91 Å². The largest absolute Gasteiger partial charge is 0.462 e. The lowest BCUT2D eigenvalue weighted by Gasteiger charge is -2.13. The van der Waals surface area contributed by atoms with Crippen LogP contribution in [0.15, 0.2) is 24.3 Å². The second-order valence-electron chi connectivity index (χ2n) is 4.74. The molecule has 1 aliphatic carbocycles. The number of nitrogens with one attached hydrogen (secondary N) is 1. The first-order chi connectivity index (χ1) is 9.22. The van der Waals surface area contributed by atoms with Crippen LogP contribution in [0.1, 0.15) is 43.0 Å². The van der Waals surface area contributed by atoms with Crippen molar-refractivity contribution < 1.29 is 14.3 Å². The van der Waals surface area contributed by atoms with Gasteiger partial charge >= 0.3 is 5.97 Å². The number of benzene rings is 1. The number of ether oxygens (including phenoxy) is 1. The normalized spacial score (nSPS) is 15.2. The molecule has 0 unspecified atom stereocenters. The number of amides is 1. The van der Waals surface area contributed by atoms with Gasteiger partial charge in [-0.05, 0) is 31.9 Å². The summed E-state index contributed by atoms with van der Waals surface area (Å²) in [5.41, 5.74) is 0.952. The third kappa shape index (κ3) is 3.34. The summed E-state index contributed by atoms with van der Waals surface area (Å²) in [6.07, 6.45) is 4.09. The molecule has 1 fully saturated rings. The van der Waals surface area contributed by atoms with Gasteiger partial charge in [-0.15, -0.1) is 0 Å². The predicted molar refractivity (Wildman–Crippen MR) is 73.0 cm³/mol. The van der Waals surface area contributed by atoms with Crippen LogP contribution in [0.25, 0.3) is 0 Å². The fourth-order valence-corrected chi connectivity index (χ4v) is 2.40. The Morgan fingerprint density at radius 3 is 2.63 bits per heavy atom. The summed E-state index contributed by atoms with van der Waals surface area (Å²) in [6.45, 7) is 2.08. The average molecular weight is 261 g/mol. The van der Waals surface area contributed by atoms with Crippen LogP contribution in [0, 0.1) is 5.92 Å². The molecule has 1 amide bonds. The summed E-state index contributed by atoms with van der Waals surface area (Å²) in [5, 5.41) is 2.85. The van der Waals surface area contributed by atoms with Crippen molar-refractivity contribution in [3.63, 3.8) is 0 Å². The van der Waals surface area contributed by atoms with E-state index in [2.05, 4.69) is 5.32 Å². The second-order valence-corrected chi connectivity index (χ2v) is 4.74. The molecule has 0 heterocycles. The Morgan fingerprint density at radius 1 is 1.26 bits per heavy atom. The fraction of sp³-hybridized carbons (Fsp3) is 0.467. The number of hydrogen-bond donors (Lipinski definition) is 1. The van der Waals surface area contributed by atoms with Gasteiger partial charge in [0.25, 0.3) is 0 Å². The van der Waals surface area contributed by atoms with Crippen LogP contribution in [0.4, 0.5) is 5.69 Å². The van der Waals surface area contributed by atoms with Crippen LogP contribution in [0.5, 0.6) is 0 Å². The van der Waals surface area contributed by atoms with E-state index in [1.54, 1.807) is 31.2 Å². The molecule has 0 radical (unpaired) electrons. The minimum absolute atomic E-state index is 0.00856. The standard InChI is InChI=1S/C15H19NO3/c1-2-19-15(18)12-9-5-6-10-13(12)16-14(17)11-7-3-4-8-11/h5-6,9-11H,2-4,7-8H2,1H3,(H,16,17). The molecule has 1 aliphatic rings. The molecule has 2 rings (SSSR count). The van der Waals surface area contributed by atoms with Crippen molar-refractivity contribution in [2.75, 3.05) is 11.9 Å². The molecular formula is C15H19NO3. The van der Waals surface area contributed by atoms with E-state index in [-0.39, 0.29) is 11.8 Å². The van der Waals surface area contributed by atoms with E-state index in [1.165, 1.54) is 0 Å². The number of carbonyl (C=O) groups excluding carboxylic acids is 2. The molecule has 4 heteroatoms. The van der Waals surface area contributed by atoms with Crippen LogP contribution in [0.2, 0.25) is 0 Å². The summed E-state index contributed by atoms with van der Waals surface area (Å²) in [4.78, 5) is 23.9. The van der Waals surface area contributed by atoms with Crippen LogP contribution in [-0.4, -0.2) is 18.5 Å². The summed E-state index contributed by atoms with van der Waals surface area (Å²) in [5.74, 6) is -0.311. The van der Waals surface area contributed by atoms with Gasteiger partial charge in [-0.25, -0.2) is 4.79 Å². The molecular weight excluding hydrogens is 242 g/mol. The highest BCUT2D eigenvalue weighted by Crippen LogP contribution is 2.26. The SMILES string of the molecule is CCOC(=O)c1ccccc1NC(=O)C1CCCC1. The number of hydrogen-bond acceptors (Lipinski definition) is 3. The van der Waals surface area contributed by atoms with Crippen LogP contribution in [0.3, 0.4) is 0 Å². The molecule has 0 spiro atoms. The van der Waals surface area contributed by atoms with Gasteiger partial charge < -0.3 is 10.1 Å². The van der Waals surface area contributed by atoms with Crippen LogP contribution < -0.4 is 5.32 Å². The van der Waals surface area contributed by atoms with Crippen LogP contribution >= 0.6 is 0 Å². The molecule has 1 N–H and O–H groups in total. The average Bonchev–Trinajstić information content (AvgIpc) is 2.93. The van der Waals surface area contributed by atoms with Crippen molar-refractivity contribution in [1.29, 1.82) is 0 Å². The molecule has 1 saturated carbocycles. The van der Waals surface area contributed by atoms with Crippen molar-refractivity contribution in [3.05, 3.63) is 29.8 Å². The van der Waals surface area contributed by atoms with E-state index in [9.17, 15) is 9.59 Å². The molecule has 4 nitrogen and oxygen atoms in total. The number of rotatable bonds is 4. The lowest BCUT2D eigenvalue weighted by molar-refractivity contribution is -0.119. The Labute approximate surface area is 113 Å². The van der Waals surface area contributed by atoms with Gasteiger partial charge in [0.15, 0.2) is 0 Å². The monoisotopic (exact) mass is 261 g/mol. The Bertz CT molecular complexity index is 464. The van der Waals surface area contributed by atoms with Crippen molar-refractivity contribution >= 4 is 17.6 Å². The van der Waals surface area contributed by atoms with Crippen molar-refractivity contribution in [1.82, 2.24) is 0 Å². The van der Waals surface area contributed by atoms with E-state index < -0.39 is 5.97 Å². The first-order valence-corrected chi connectivity index (χ1v) is 6.79. The Hall–Kier alpha value is -1.84. The molecule has 0 aliphatic heterocycles. The van der Waals surface area contributed by atoms with Gasteiger partial charge in [0, 0.05) is 5.92 Å². The number of para-hydroxylation sites is 1. The zero-order valence-electron chi connectivity index (χ0n) is 11.1. The Balaban J connectivity index is 2.11. The molecule has 102 valence electrons. The number of anilines is 1. The van der Waals surface area contributed by atoms with E-state index in [4.69, 9.17) is 4.74 Å². The minimum Gasteiger partial charge on any atom is -0.462 e. The van der Waals surface area contributed by atoms with E-state index in [0.717, 1.165) is 25.7 Å². The Kier molecular flexibility index (Phi) is 4.55. The van der Waals surface area contributed by atoms with E-state index >= 15 is 0 Å². The predicted octanol–water partition coefficient (Wildman–Crippen LogP) is 2.99. The fourth-order valence-electron chi connectivity index (χ4n) is 2.40. The van der Waals surface area contributed by atoms with Crippen molar-refractivity contribution in [2.24, 2.45) is 5.92 Å². The smallest absolute Gasteiger partial charge is 0.340 e. The van der Waals surface area contributed by atoms with Gasteiger partial charge in [-0.1, -0.05) is 25.0 Å². The molecule has 0 aromatic heterocycles.